The maximum absolute atomic E-state index is 6.06. The van der Waals surface area contributed by atoms with Gasteiger partial charge in [-0.3, -0.25) is 0 Å². The van der Waals surface area contributed by atoms with E-state index in [0.29, 0.717) is 5.95 Å². The molecule has 2 N–H and O–H groups in total. The number of aromatic nitrogens is 4. The van der Waals surface area contributed by atoms with Gasteiger partial charge in [0.25, 0.3) is 5.95 Å². The number of nitrogen functional groups attached to an aromatic ring is 1. The molecule has 0 atom stereocenters. The summed E-state index contributed by atoms with van der Waals surface area (Å²) in [5.74, 6) is 0.591. The summed E-state index contributed by atoms with van der Waals surface area (Å²) in [6, 6.07) is 1.86. The third kappa shape index (κ3) is 2.00. The molecule has 0 aliphatic rings. The molecule has 5 nitrogen and oxygen atoms in total. The lowest BCUT2D eigenvalue weighted by molar-refractivity contribution is 0.742. The topological polar surface area (TPSA) is 69.6 Å². The lowest BCUT2D eigenvalue weighted by Crippen LogP contribution is -2.07. The number of anilines is 1. The molecule has 0 fully saturated rings. The normalized spacial score (nSPS) is 10.8. The minimum absolute atomic E-state index is 0.591. The van der Waals surface area contributed by atoms with Crippen molar-refractivity contribution in [3.63, 3.8) is 0 Å². The summed E-state index contributed by atoms with van der Waals surface area (Å²) >= 11 is 0. The van der Waals surface area contributed by atoms with Crippen molar-refractivity contribution in [3.8, 4) is 5.95 Å². The van der Waals surface area contributed by atoms with Crippen molar-refractivity contribution in [1.29, 1.82) is 0 Å². The number of hydrogen-bond acceptors (Lipinski definition) is 4. The van der Waals surface area contributed by atoms with Crippen LogP contribution in [-0.2, 0) is 12.8 Å². The van der Waals surface area contributed by atoms with Crippen LogP contribution >= 0.6 is 0 Å². The number of nitrogens with two attached hydrogens (primary N) is 1. The van der Waals surface area contributed by atoms with Gasteiger partial charge in [0, 0.05) is 11.9 Å². The van der Waals surface area contributed by atoms with Crippen LogP contribution in [0.25, 0.3) is 5.95 Å². The monoisotopic (exact) mass is 231 g/mol. The summed E-state index contributed by atoms with van der Waals surface area (Å²) in [6.07, 6.45) is 3.37. The third-order valence-electron chi connectivity index (χ3n) is 2.74. The van der Waals surface area contributed by atoms with E-state index in [1.807, 2.05) is 19.9 Å². The van der Waals surface area contributed by atoms with E-state index in [0.717, 1.165) is 35.6 Å². The van der Waals surface area contributed by atoms with Crippen LogP contribution in [0.3, 0.4) is 0 Å². The van der Waals surface area contributed by atoms with Crippen molar-refractivity contribution < 1.29 is 0 Å². The van der Waals surface area contributed by atoms with E-state index in [1.54, 1.807) is 10.9 Å². The van der Waals surface area contributed by atoms with Gasteiger partial charge in [0.2, 0.25) is 0 Å². The minimum atomic E-state index is 0.591. The number of rotatable bonds is 3. The molecule has 2 rings (SSSR count). The Morgan fingerprint density at radius 1 is 1.29 bits per heavy atom. The van der Waals surface area contributed by atoms with Gasteiger partial charge in [0.1, 0.15) is 0 Å². The van der Waals surface area contributed by atoms with E-state index in [1.165, 1.54) is 0 Å². The molecule has 0 radical (unpaired) electrons. The number of nitrogens with zero attached hydrogens (tertiary/aromatic N) is 4. The molecule has 0 spiro atoms. The van der Waals surface area contributed by atoms with Crippen LogP contribution in [0.15, 0.2) is 12.3 Å². The summed E-state index contributed by atoms with van der Waals surface area (Å²) in [5, 5.41) is 4.48. The maximum atomic E-state index is 6.06. The molecule has 5 heteroatoms. The second-order valence-electron chi connectivity index (χ2n) is 3.92. The molecule has 0 unspecified atom stereocenters. The zero-order chi connectivity index (χ0) is 12.4. The fourth-order valence-corrected chi connectivity index (χ4v) is 1.82. The highest BCUT2D eigenvalue weighted by molar-refractivity contribution is 5.50. The molecule has 17 heavy (non-hydrogen) atoms. The lowest BCUT2D eigenvalue weighted by Gasteiger charge is -2.04. The predicted octanol–water partition coefficient (Wildman–Crippen LogP) is 1.68. The summed E-state index contributed by atoms with van der Waals surface area (Å²) in [7, 11) is 0. The maximum Gasteiger partial charge on any atom is 0.251 e. The van der Waals surface area contributed by atoms with E-state index < -0.39 is 0 Å². The zero-order valence-corrected chi connectivity index (χ0v) is 10.4. The molecule has 0 aliphatic heterocycles. The molecule has 90 valence electrons. The smallest absolute Gasteiger partial charge is 0.251 e. The number of aryl methyl sites for hydroxylation is 2. The Morgan fingerprint density at radius 2 is 2.06 bits per heavy atom. The molecule has 0 saturated carbocycles. The predicted molar refractivity (Wildman–Crippen MR) is 67.1 cm³/mol. The second kappa shape index (κ2) is 4.53. The van der Waals surface area contributed by atoms with Crippen LogP contribution in [0.1, 0.15) is 30.9 Å². The van der Waals surface area contributed by atoms with Gasteiger partial charge in [0.05, 0.1) is 17.1 Å². The summed E-state index contributed by atoms with van der Waals surface area (Å²) in [4.78, 5) is 8.62. The average Bonchev–Trinajstić information content (AvgIpc) is 2.65. The molecule has 2 heterocycles. The molecule has 0 bridgehead atoms. The van der Waals surface area contributed by atoms with Crippen molar-refractivity contribution in [3.05, 3.63) is 29.3 Å². The van der Waals surface area contributed by atoms with Gasteiger partial charge >= 0.3 is 0 Å². The Balaban J connectivity index is 2.58. The van der Waals surface area contributed by atoms with Crippen LogP contribution in [0.5, 0.6) is 0 Å². The van der Waals surface area contributed by atoms with Crippen LogP contribution in [0.4, 0.5) is 5.69 Å². The summed E-state index contributed by atoms with van der Waals surface area (Å²) in [5.41, 5.74) is 9.63. The van der Waals surface area contributed by atoms with Gasteiger partial charge in [-0.1, -0.05) is 13.8 Å². The van der Waals surface area contributed by atoms with E-state index in [-0.39, 0.29) is 0 Å². The van der Waals surface area contributed by atoms with Crippen molar-refractivity contribution in [2.45, 2.75) is 33.6 Å². The van der Waals surface area contributed by atoms with Gasteiger partial charge in [-0.2, -0.15) is 5.10 Å². The zero-order valence-electron chi connectivity index (χ0n) is 10.4. The SMILES string of the molecule is CCc1nn(-c2nccc(C)n2)c(CC)c1N. The highest BCUT2D eigenvalue weighted by Gasteiger charge is 2.15. The highest BCUT2D eigenvalue weighted by atomic mass is 15.4. The first-order valence-corrected chi connectivity index (χ1v) is 5.83. The third-order valence-corrected chi connectivity index (χ3v) is 2.74. The quantitative estimate of drug-likeness (QED) is 0.872. The van der Waals surface area contributed by atoms with Crippen molar-refractivity contribution in [1.82, 2.24) is 19.7 Å². The Labute approximate surface area is 101 Å². The first kappa shape index (κ1) is 11.6. The van der Waals surface area contributed by atoms with Gasteiger partial charge in [0.15, 0.2) is 0 Å². The van der Waals surface area contributed by atoms with Crippen LogP contribution in [0.2, 0.25) is 0 Å². The van der Waals surface area contributed by atoms with E-state index in [4.69, 9.17) is 5.73 Å². The van der Waals surface area contributed by atoms with Gasteiger partial charge in [-0.05, 0) is 25.8 Å². The van der Waals surface area contributed by atoms with Crippen LogP contribution in [-0.4, -0.2) is 19.7 Å². The Hall–Kier alpha value is -1.91. The minimum Gasteiger partial charge on any atom is -0.396 e. The molecule has 2 aromatic heterocycles. The van der Waals surface area contributed by atoms with Gasteiger partial charge in [-0.25, -0.2) is 14.6 Å². The average molecular weight is 231 g/mol. The Bertz CT molecular complexity index is 530. The molecular formula is C12H17N5. The van der Waals surface area contributed by atoms with Gasteiger partial charge < -0.3 is 5.73 Å². The summed E-state index contributed by atoms with van der Waals surface area (Å²) in [6.45, 7) is 6.03. The second-order valence-corrected chi connectivity index (χ2v) is 3.92. The van der Waals surface area contributed by atoms with E-state index >= 15 is 0 Å². The Morgan fingerprint density at radius 3 is 2.65 bits per heavy atom. The fraction of sp³-hybridized carbons (Fsp3) is 0.417. The fourth-order valence-electron chi connectivity index (χ4n) is 1.82. The largest absolute Gasteiger partial charge is 0.396 e. The summed E-state index contributed by atoms with van der Waals surface area (Å²) < 4.78 is 1.75. The van der Waals surface area contributed by atoms with Crippen LogP contribution in [0, 0.1) is 6.92 Å². The van der Waals surface area contributed by atoms with Gasteiger partial charge in [-0.15, -0.1) is 0 Å². The standard InChI is InChI=1S/C12H17N5/c1-4-9-11(13)10(5-2)17(16-9)12-14-7-6-8(3)15-12/h6-7H,4-5,13H2,1-3H3. The first-order valence-electron chi connectivity index (χ1n) is 5.83. The molecule has 0 aliphatic carbocycles. The van der Waals surface area contributed by atoms with E-state index in [9.17, 15) is 0 Å². The van der Waals surface area contributed by atoms with Crippen LogP contribution < -0.4 is 5.73 Å². The molecule has 0 aromatic carbocycles. The van der Waals surface area contributed by atoms with Crippen molar-refractivity contribution in [2.75, 3.05) is 5.73 Å². The first-order chi connectivity index (χ1) is 8.17. The highest BCUT2D eigenvalue weighted by Crippen LogP contribution is 2.20. The molecular weight excluding hydrogens is 214 g/mol. The molecule has 0 saturated heterocycles. The molecule has 0 amide bonds. The number of hydrogen-bond donors (Lipinski definition) is 1. The van der Waals surface area contributed by atoms with E-state index in [2.05, 4.69) is 22.0 Å². The molecule has 2 aromatic rings. The van der Waals surface area contributed by atoms with Crippen molar-refractivity contribution in [2.24, 2.45) is 0 Å². The lowest BCUT2D eigenvalue weighted by atomic mass is 10.2. The van der Waals surface area contributed by atoms with Crippen molar-refractivity contribution >= 4 is 5.69 Å². The Kier molecular flexibility index (Phi) is 3.08.